The molecule has 0 aromatic heterocycles. The zero-order chi connectivity index (χ0) is 36.3. The van der Waals surface area contributed by atoms with E-state index in [1.807, 2.05) is 11.8 Å². The van der Waals surface area contributed by atoms with Crippen LogP contribution in [-0.2, 0) is 0 Å². The van der Waals surface area contributed by atoms with E-state index in [1.54, 1.807) is 0 Å². The lowest BCUT2D eigenvalue weighted by atomic mass is 9.88. The lowest BCUT2D eigenvalue weighted by molar-refractivity contribution is 1.28. The topological polar surface area (TPSA) is 3.24 Å². The maximum atomic E-state index is 4.47. The lowest BCUT2D eigenvalue weighted by Gasteiger charge is -2.26. The predicted molar refractivity (Wildman–Crippen MR) is 232 cm³/mol. The molecule has 2 heteroatoms. The normalized spacial score (nSPS) is 12.6. The zero-order valence-electron chi connectivity index (χ0n) is 29.8. The molecule has 0 bridgehead atoms. The van der Waals surface area contributed by atoms with Crippen molar-refractivity contribution in [2.75, 3.05) is 4.90 Å². The number of fused-ring (bicyclic) bond motifs is 2. The van der Waals surface area contributed by atoms with Crippen LogP contribution in [0.3, 0.4) is 0 Å². The molecule has 54 heavy (non-hydrogen) atoms. The van der Waals surface area contributed by atoms with E-state index in [1.165, 1.54) is 65.4 Å². The molecule has 1 aliphatic rings. The Morgan fingerprint density at radius 3 is 1.48 bits per heavy atom. The Balaban J connectivity index is 1.10. The van der Waals surface area contributed by atoms with Gasteiger partial charge >= 0.3 is 0 Å². The molecule has 0 fully saturated rings. The Bertz CT molecular complexity index is 2620. The SMILES string of the molecule is C=C1/C=C\c2ccccc2Sc2c1cccc2-c1ccccc1-c1ccccc1-c1ccc(N(c2ccccc2)c2ccc(-c3ccccc3)cc2)cc1. The van der Waals surface area contributed by atoms with E-state index in [-0.39, 0.29) is 0 Å². The quantitative estimate of drug-likeness (QED) is 0.162. The standard InChI is InChI=1S/C52H37NS/c1-37-27-28-41-17-8-13-26-51(41)54-52-45(37)24-14-25-50(52)49-23-12-11-22-48(49)47-21-10-9-20-46(47)40-31-35-44(36-32-40)53(42-18-6-3-7-19-42)43-33-29-39(30-34-43)38-15-4-2-5-16-38/h2-36H,1H2/b28-27-. The summed E-state index contributed by atoms with van der Waals surface area (Å²) in [5.41, 5.74) is 16.3. The van der Waals surface area contributed by atoms with Crippen LogP contribution in [0.1, 0.15) is 11.1 Å². The van der Waals surface area contributed by atoms with E-state index < -0.39 is 0 Å². The smallest absolute Gasteiger partial charge is 0.0462 e. The second kappa shape index (κ2) is 14.8. The number of hydrogen-bond donors (Lipinski definition) is 0. The van der Waals surface area contributed by atoms with Gasteiger partial charge in [-0.05, 0) is 104 Å². The van der Waals surface area contributed by atoms with E-state index >= 15 is 0 Å². The van der Waals surface area contributed by atoms with E-state index in [2.05, 4.69) is 224 Å². The molecular weight excluding hydrogens is 671 g/mol. The highest BCUT2D eigenvalue weighted by Crippen LogP contribution is 2.47. The van der Waals surface area contributed by atoms with Crippen LogP contribution < -0.4 is 4.90 Å². The molecular formula is C52H37NS. The average Bonchev–Trinajstić information content (AvgIpc) is 3.24. The summed E-state index contributed by atoms with van der Waals surface area (Å²) in [7, 11) is 0. The maximum Gasteiger partial charge on any atom is 0.0462 e. The van der Waals surface area contributed by atoms with Gasteiger partial charge in [0.1, 0.15) is 0 Å². The van der Waals surface area contributed by atoms with Gasteiger partial charge in [-0.1, -0.05) is 188 Å². The molecule has 0 aliphatic carbocycles. The first kappa shape index (κ1) is 33.2. The van der Waals surface area contributed by atoms with E-state index in [4.69, 9.17) is 0 Å². The summed E-state index contributed by atoms with van der Waals surface area (Å²) < 4.78 is 0. The van der Waals surface area contributed by atoms with Gasteiger partial charge in [0, 0.05) is 26.9 Å². The molecule has 0 saturated heterocycles. The molecule has 1 heterocycles. The molecule has 8 aromatic carbocycles. The van der Waals surface area contributed by atoms with Gasteiger partial charge in [-0.15, -0.1) is 0 Å². The second-order valence-electron chi connectivity index (χ2n) is 13.4. The van der Waals surface area contributed by atoms with Crippen molar-refractivity contribution in [2.24, 2.45) is 0 Å². The monoisotopic (exact) mass is 707 g/mol. The number of para-hydroxylation sites is 1. The molecule has 9 rings (SSSR count). The van der Waals surface area contributed by atoms with Crippen molar-refractivity contribution in [3.8, 4) is 44.5 Å². The molecule has 1 aliphatic heterocycles. The molecule has 0 unspecified atom stereocenters. The Kier molecular flexibility index (Phi) is 9.10. The number of nitrogens with zero attached hydrogens (tertiary/aromatic N) is 1. The van der Waals surface area contributed by atoms with Gasteiger partial charge in [0.15, 0.2) is 0 Å². The van der Waals surface area contributed by atoms with Gasteiger partial charge in [0.25, 0.3) is 0 Å². The van der Waals surface area contributed by atoms with Crippen LogP contribution in [0, 0.1) is 0 Å². The van der Waals surface area contributed by atoms with Gasteiger partial charge in [-0.25, -0.2) is 0 Å². The lowest BCUT2D eigenvalue weighted by Crippen LogP contribution is -2.09. The Labute approximate surface area is 322 Å². The highest BCUT2D eigenvalue weighted by Gasteiger charge is 2.20. The average molecular weight is 708 g/mol. The zero-order valence-corrected chi connectivity index (χ0v) is 30.6. The Morgan fingerprint density at radius 1 is 0.333 bits per heavy atom. The second-order valence-corrected chi connectivity index (χ2v) is 14.5. The summed E-state index contributed by atoms with van der Waals surface area (Å²) in [4.78, 5) is 4.79. The largest absolute Gasteiger partial charge is 0.311 e. The van der Waals surface area contributed by atoms with Crippen LogP contribution in [0.4, 0.5) is 17.1 Å². The van der Waals surface area contributed by atoms with E-state index in [9.17, 15) is 0 Å². The highest BCUT2D eigenvalue weighted by molar-refractivity contribution is 7.99. The first-order chi connectivity index (χ1) is 26.7. The number of rotatable bonds is 7. The third kappa shape index (κ3) is 6.49. The molecule has 0 spiro atoms. The molecule has 0 radical (unpaired) electrons. The molecule has 0 saturated carbocycles. The van der Waals surface area contributed by atoms with Crippen molar-refractivity contribution in [2.45, 2.75) is 9.79 Å². The molecule has 256 valence electrons. The van der Waals surface area contributed by atoms with Gasteiger partial charge in [-0.2, -0.15) is 0 Å². The molecule has 0 amide bonds. The van der Waals surface area contributed by atoms with Crippen molar-refractivity contribution in [1.29, 1.82) is 0 Å². The number of allylic oxidation sites excluding steroid dienone is 2. The first-order valence-electron chi connectivity index (χ1n) is 18.3. The van der Waals surface area contributed by atoms with Crippen molar-refractivity contribution < 1.29 is 0 Å². The van der Waals surface area contributed by atoms with Crippen LogP contribution in [0.5, 0.6) is 0 Å². The molecule has 1 nitrogen and oxygen atoms in total. The minimum Gasteiger partial charge on any atom is -0.311 e. The summed E-state index contributed by atoms with van der Waals surface area (Å²) in [5.74, 6) is 0. The first-order valence-corrected chi connectivity index (χ1v) is 19.1. The van der Waals surface area contributed by atoms with E-state index in [0.717, 1.165) is 22.6 Å². The van der Waals surface area contributed by atoms with Gasteiger partial charge in [-0.3, -0.25) is 0 Å². The van der Waals surface area contributed by atoms with Crippen molar-refractivity contribution in [3.05, 3.63) is 224 Å². The fraction of sp³-hybridized carbons (Fsp3) is 0. The fourth-order valence-electron chi connectivity index (χ4n) is 7.38. The van der Waals surface area contributed by atoms with E-state index in [0.29, 0.717) is 0 Å². The summed E-state index contributed by atoms with van der Waals surface area (Å²) in [6, 6.07) is 71.8. The number of hydrogen-bond acceptors (Lipinski definition) is 2. The minimum atomic E-state index is 1.02. The van der Waals surface area contributed by atoms with Crippen molar-refractivity contribution in [3.63, 3.8) is 0 Å². The molecule has 0 atom stereocenters. The third-order valence-electron chi connectivity index (χ3n) is 10.1. The minimum absolute atomic E-state index is 1.02. The Hall–Kier alpha value is -6.61. The van der Waals surface area contributed by atoms with Crippen molar-refractivity contribution in [1.82, 2.24) is 0 Å². The predicted octanol–water partition coefficient (Wildman–Crippen LogP) is 15.0. The molecule has 0 N–H and O–H groups in total. The van der Waals surface area contributed by atoms with Crippen LogP contribution in [0.15, 0.2) is 223 Å². The fourth-order valence-corrected chi connectivity index (χ4v) is 8.60. The summed E-state index contributed by atoms with van der Waals surface area (Å²) in [6.45, 7) is 4.47. The van der Waals surface area contributed by atoms with Gasteiger partial charge in [0.05, 0.1) is 0 Å². The molecule has 8 aromatic rings. The highest BCUT2D eigenvalue weighted by atomic mass is 32.2. The Morgan fingerprint density at radius 2 is 0.796 bits per heavy atom. The van der Waals surface area contributed by atoms with Crippen molar-refractivity contribution >= 4 is 40.5 Å². The summed E-state index contributed by atoms with van der Waals surface area (Å²) in [6.07, 6.45) is 4.32. The van der Waals surface area contributed by atoms with Gasteiger partial charge < -0.3 is 4.90 Å². The van der Waals surface area contributed by atoms with Gasteiger partial charge in [0.2, 0.25) is 0 Å². The van der Waals surface area contributed by atoms with Crippen LogP contribution >= 0.6 is 11.8 Å². The third-order valence-corrected chi connectivity index (χ3v) is 11.3. The van der Waals surface area contributed by atoms with Crippen LogP contribution in [0.2, 0.25) is 0 Å². The van der Waals surface area contributed by atoms with Crippen LogP contribution in [0.25, 0.3) is 56.2 Å². The summed E-state index contributed by atoms with van der Waals surface area (Å²) >= 11 is 1.83. The summed E-state index contributed by atoms with van der Waals surface area (Å²) in [5, 5.41) is 0. The maximum absolute atomic E-state index is 4.47. The van der Waals surface area contributed by atoms with Crippen LogP contribution in [-0.4, -0.2) is 0 Å². The number of benzene rings is 8. The number of anilines is 3.